The molecular formula is C15H30N2S. The summed E-state index contributed by atoms with van der Waals surface area (Å²) in [5.74, 6) is 3.52. The van der Waals surface area contributed by atoms with Crippen LogP contribution in [0.4, 0.5) is 0 Å². The minimum absolute atomic E-state index is 0.631. The van der Waals surface area contributed by atoms with Crippen LogP contribution in [0.15, 0.2) is 0 Å². The smallest absolute Gasteiger partial charge is 0.0246 e. The topological polar surface area (TPSA) is 29.3 Å². The van der Waals surface area contributed by atoms with E-state index in [1.165, 1.54) is 62.9 Å². The number of thioether (sulfide) groups is 1. The molecule has 106 valence electrons. The lowest BCUT2D eigenvalue weighted by Gasteiger charge is -2.38. The predicted octanol–water partition coefficient (Wildman–Crippen LogP) is 3.11. The second kappa shape index (κ2) is 7.76. The van der Waals surface area contributed by atoms with Crippen molar-refractivity contribution in [2.75, 3.05) is 25.1 Å². The zero-order valence-electron chi connectivity index (χ0n) is 11.9. The predicted molar refractivity (Wildman–Crippen MR) is 82.1 cm³/mol. The minimum Gasteiger partial charge on any atom is -0.329 e. The molecule has 0 aromatic heterocycles. The van der Waals surface area contributed by atoms with Crippen LogP contribution in [0.3, 0.4) is 0 Å². The molecule has 0 radical (unpaired) electrons. The number of likely N-dealkylation sites (N-methyl/N-ethyl adjacent to an activating group) is 1. The Morgan fingerprint density at radius 1 is 1.11 bits per heavy atom. The lowest BCUT2D eigenvalue weighted by atomic mass is 9.84. The molecule has 2 N–H and O–H groups in total. The fourth-order valence-electron chi connectivity index (χ4n) is 3.68. The van der Waals surface area contributed by atoms with Crippen molar-refractivity contribution in [2.45, 2.75) is 63.5 Å². The maximum absolute atomic E-state index is 6.11. The molecule has 1 saturated heterocycles. The Bertz CT molecular complexity index is 221. The molecule has 2 aliphatic rings. The molecule has 1 heterocycles. The quantitative estimate of drug-likeness (QED) is 0.851. The van der Waals surface area contributed by atoms with E-state index in [1.54, 1.807) is 0 Å². The van der Waals surface area contributed by atoms with E-state index >= 15 is 0 Å². The highest BCUT2D eigenvalue weighted by molar-refractivity contribution is 7.99. The molecule has 0 amide bonds. The highest BCUT2D eigenvalue weighted by Gasteiger charge is 2.30. The first kappa shape index (κ1) is 14.7. The van der Waals surface area contributed by atoms with Crippen LogP contribution in [0.5, 0.6) is 0 Å². The Kier molecular flexibility index (Phi) is 6.33. The van der Waals surface area contributed by atoms with Crippen LogP contribution in [0.2, 0.25) is 0 Å². The van der Waals surface area contributed by atoms with Gasteiger partial charge in [-0.3, -0.25) is 4.90 Å². The molecular weight excluding hydrogens is 240 g/mol. The van der Waals surface area contributed by atoms with Gasteiger partial charge in [0.25, 0.3) is 0 Å². The average molecular weight is 270 g/mol. The third-order valence-electron chi connectivity index (χ3n) is 4.94. The van der Waals surface area contributed by atoms with Crippen molar-refractivity contribution >= 4 is 11.8 Å². The molecule has 0 aromatic carbocycles. The Balaban J connectivity index is 1.91. The van der Waals surface area contributed by atoms with E-state index in [-0.39, 0.29) is 0 Å². The van der Waals surface area contributed by atoms with Crippen molar-refractivity contribution in [2.24, 2.45) is 11.7 Å². The van der Waals surface area contributed by atoms with Gasteiger partial charge in [-0.15, -0.1) is 0 Å². The molecule has 0 bridgehead atoms. The van der Waals surface area contributed by atoms with E-state index in [4.69, 9.17) is 5.73 Å². The van der Waals surface area contributed by atoms with Gasteiger partial charge in [-0.05, 0) is 38.0 Å². The second-order valence-electron chi connectivity index (χ2n) is 6.09. The maximum Gasteiger partial charge on any atom is 0.0246 e. The Labute approximate surface area is 117 Å². The van der Waals surface area contributed by atoms with Gasteiger partial charge in [0.05, 0.1) is 0 Å². The fraction of sp³-hybridized carbons (Fsp3) is 1.00. The maximum atomic E-state index is 6.11. The minimum atomic E-state index is 0.631. The van der Waals surface area contributed by atoms with E-state index < -0.39 is 0 Å². The summed E-state index contributed by atoms with van der Waals surface area (Å²) in [6, 6.07) is 1.42. The third kappa shape index (κ3) is 3.88. The Hall–Kier alpha value is 0.270. The van der Waals surface area contributed by atoms with E-state index in [1.807, 2.05) is 0 Å². The zero-order chi connectivity index (χ0) is 12.8. The van der Waals surface area contributed by atoms with Crippen molar-refractivity contribution in [3.8, 4) is 0 Å². The largest absolute Gasteiger partial charge is 0.329 e. The van der Waals surface area contributed by atoms with Crippen molar-refractivity contribution in [1.82, 2.24) is 4.90 Å². The first-order chi connectivity index (χ1) is 8.83. The second-order valence-corrected chi connectivity index (χ2v) is 7.24. The molecule has 2 atom stereocenters. The summed E-state index contributed by atoms with van der Waals surface area (Å²) >= 11 is 2.11. The summed E-state index contributed by atoms with van der Waals surface area (Å²) in [6.45, 7) is 0.850. The molecule has 2 fully saturated rings. The first-order valence-electron chi connectivity index (χ1n) is 7.82. The first-order valence-corrected chi connectivity index (χ1v) is 8.98. The summed E-state index contributed by atoms with van der Waals surface area (Å²) < 4.78 is 0. The van der Waals surface area contributed by atoms with Crippen LogP contribution in [-0.2, 0) is 0 Å². The number of rotatable bonds is 4. The highest BCUT2D eigenvalue weighted by Crippen LogP contribution is 2.30. The standard InChI is InChI=1S/C15H30N2S/c1-17(14-9-10-18-12-14)15(11-16)13-7-5-3-2-4-6-8-13/h13-15H,2-12,16H2,1H3. The molecule has 1 aliphatic carbocycles. The molecule has 0 aromatic rings. The number of nitrogens with two attached hydrogens (primary N) is 1. The van der Waals surface area contributed by atoms with Crippen LogP contribution in [-0.4, -0.2) is 42.1 Å². The molecule has 0 spiro atoms. The molecule has 1 aliphatic heterocycles. The van der Waals surface area contributed by atoms with E-state index in [0.717, 1.165) is 18.5 Å². The van der Waals surface area contributed by atoms with Crippen molar-refractivity contribution in [3.05, 3.63) is 0 Å². The van der Waals surface area contributed by atoms with Gasteiger partial charge in [0.2, 0.25) is 0 Å². The normalized spacial score (nSPS) is 29.2. The Morgan fingerprint density at radius 3 is 2.33 bits per heavy atom. The van der Waals surface area contributed by atoms with E-state index in [0.29, 0.717) is 6.04 Å². The number of hydrogen-bond acceptors (Lipinski definition) is 3. The van der Waals surface area contributed by atoms with Gasteiger partial charge in [-0.25, -0.2) is 0 Å². The summed E-state index contributed by atoms with van der Waals surface area (Å²) in [6.07, 6.45) is 11.4. The van der Waals surface area contributed by atoms with Crippen molar-refractivity contribution in [3.63, 3.8) is 0 Å². The molecule has 2 rings (SSSR count). The van der Waals surface area contributed by atoms with Crippen molar-refractivity contribution in [1.29, 1.82) is 0 Å². The number of hydrogen-bond donors (Lipinski definition) is 1. The van der Waals surface area contributed by atoms with Gasteiger partial charge in [0, 0.05) is 24.4 Å². The summed E-state index contributed by atoms with van der Waals surface area (Å²) in [5, 5.41) is 0. The summed E-state index contributed by atoms with van der Waals surface area (Å²) in [4.78, 5) is 2.63. The van der Waals surface area contributed by atoms with Crippen LogP contribution in [0.1, 0.15) is 51.4 Å². The lowest BCUT2D eigenvalue weighted by molar-refractivity contribution is 0.122. The summed E-state index contributed by atoms with van der Waals surface area (Å²) in [5.41, 5.74) is 6.11. The highest BCUT2D eigenvalue weighted by atomic mass is 32.2. The van der Waals surface area contributed by atoms with Gasteiger partial charge >= 0.3 is 0 Å². The van der Waals surface area contributed by atoms with E-state index in [9.17, 15) is 0 Å². The van der Waals surface area contributed by atoms with Gasteiger partial charge in [-0.1, -0.05) is 32.1 Å². The number of nitrogens with zero attached hydrogens (tertiary/aromatic N) is 1. The van der Waals surface area contributed by atoms with Gasteiger partial charge in [-0.2, -0.15) is 11.8 Å². The lowest BCUT2D eigenvalue weighted by Crippen LogP contribution is -2.48. The molecule has 3 heteroatoms. The van der Waals surface area contributed by atoms with Crippen LogP contribution in [0.25, 0.3) is 0 Å². The SMILES string of the molecule is CN(C1CCSC1)C(CN)C1CCCCCCC1. The molecule has 2 unspecified atom stereocenters. The van der Waals surface area contributed by atoms with Crippen LogP contribution in [0, 0.1) is 5.92 Å². The van der Waals surface area contributed by atoms with E-state index in [2.05, 4.69) is 23.7 Å². The van der Waals surface area contributed by atoms with Gasteiger partial charge < -0.3 is 5.73 Å². The molecule has 1 saturated carbocycles. The molecule has 2 nitrogen and oxygen atoms in total. The monoisotopic (exact) mass is 270 g/mol. The van der Waals surface area contributed by atoms with Crippen LogP contribution < -0.4 is 5.73 Å². The zero-order valence-corrected chi connectivity index (χ0v) is 12.8. The Morgan fingerprint density at radius 2 is 1.78 bits per heavy atom. The fourth-order valence-corrected chi connectivity index (χ4v) is 4.96. The van der Waals surface area contributed by atoms with Crippen molar-refractivity contribution < 1.29 is 0 Å². The third-order valence-corrected chi connectivity index (χ3v) is 6.09. The average Bonchev–Trinajstić information content (AvgIpc) is 2.85. The van der Waals surface area contributed by atoms with Gasteiger partial charge in [0.1, 0.15) is 0 Å². The van der Waals surface area contributed by atoms with Crippen LogP contribution >= 0.6 is 11.8 Å². The molecule has 18 heavy (non-hydrogen) atoms. The van der Waals surface area contributed by atoms with Gasteiger partial charge in [0.15, 0.2) is 0 Å². The summed E-state index contributed by atoms with van der Waals surface area (Å²) in [7, 11) is 2.33.